The normalized spacial score (nSPS) is 20.8. The Labute approximate surface area is 92.3 Å². The van der Waals surface area contributed by atoms with E-state index in [-0.39, 0.29) is 11.6 Å². The number of hydrogen-bond donors (Lipinski definition) is 1. The van der Waals surface area contributed by atoms with Gasteiger partial charge in [0.1, 0.15) is 11.6 Å². The van der Waals surface area contributed by atoms with Crippen LogP contribution in [0.5, 0.6) is 0 Å². The van der Waals surface area contributed by atoms with Crippen molar-refractivity contribution in [3.8, 4) is 0 Å². The van der Waals surface area contributed by atoms with E-state index in [9.17, 15) is 8.78 Å². The zero-order valence-electron chi connectivity index (χ0n) is 8.30. The third-order valence-electron chi connectivity index (χ3n) is 2.53. The van der Waals surface area contributed by atoms with Gasteiger partial charge in [-0.15, -0.1) is 11.8 Å². The second-order valence-corrected chi connectivity index (χ2v) is 4.81. The molecule has 0 saturated carbocycles. The third kappa shape index (κ3) is 2.92. The standard InChI is InChI=1S/C11H13F2NS/c12-9-1-2-10(13)11(5-9)15-7-8-3-4-14-6-8/h1-2,5,8,14H,3-4,6-7H2. The molecule has 1 atom stereocenters. The third-order valence-corrected chi connectivity index (χ3v) is 3.79. The van der Waals surface area contributed by atoms with Crippen LogP contribution in [0.1, 0.15) is 6.42 Å². The number of rotatable bonds is 3. The largest absolute Gasteiger partial charge is 0.316 e. The summed E-state index contributed by atoms with van der Waals surface area (Å²) in [5, 5.41) is 3.25. The Bertz CT molecular complexity index is 337. The van der Waals surface area contributed by atoms with E-state index in [1.807, 2.05) is 0 Å². The van der Waals surface area contributed by atoms with Crippen LogP contribution in [0.2, 0.25) is 0 Å². The molecule has 1 aromatic carbocycles. The highest BCUT2D eigenvalue weighted by Crippen LogP contribution is 2.26. The van der Waals surface area contributed by atoms with Crippen LogP contribution in [0.4, 0.5) is 8.78 Å². The Morgan fingerprint density at radius 2 is 2.27 bits per heavy atom. The van der Waals surface area contributed by atoms with Crippen molar-refractivity contribution in [1.29, 1.82) is 0 Å². The van der Waals surface area contributed by atoms with Crippen molar-refractivity contribution in [2.24, 2.45) is 5.92 Å². The Hall–Kier alpha value is -0.610. The Balaban J connectivity index is 1.94. The average Bonchev–Trinajstić information content (AvgIpc) is 2.72. The van der Waals surface area contributed by atoms with Crippen LogP contribution in [0.25, 0.3) is 0 Å². The van der Waals surface area contributed by atoms with Crippen molar-refractivity contribution < 1.29 is 8.78 Å². The topological polar surface area (TPSA) is 12.0 Å². The molecular formula is C11H13F2NS. The van der Waals surface area contributed by atoms with E-state index < -0.39 is 0 Å². The first-order valence-electron chi connectivity index (χ1n) is 5.04. The first kappa shape index (κ1) is 10.9. The molecule has 1 nitrogen and oxygen atoms in total. The molecule has 82 valence electrons. The summed E-state index contributed by atoms with van der Waals surface area (Å²) in [6, 6.07) is 3.60. The van der Waals surface area contributed by atoms with E-state index in [4.69, 9.17) is 0 Å². The summed E-state index contributed by atoms with van der Waals surface area (Å²) in [7, 11) is 0. The second-order valence-electron chi connectivity index (χ2n) is 3.74. The molecule has 0 aliphatic carbocycles. The fourth-order valence-electron chi connectivity index (χ4n) is 1.65. The van der Waals surface area contributed by atoms with E-state index in [0.29, 0.717) is 10.8 Å². The minimum absolute atomic E-state index is 0.327. The minimum Gasteiger partial charge on any atom is -0.316 e. The molecule has 1 aromatic rings. The number of thioether (sulfide) groups is 1. The van der Waals surface area contributed by atoms with Gasteiger partial charge in [0.15, 0.2) is 0 Å². The summed E-state index contributed by atoms with van der Waals surface area (Å²) >= 11 is 1.40. The molecule has 1 aliphatic heterocycles. The predicted molar refractivity (Wildman–Crippen MR) is 58.1 cm³/mol. The Morgan fingerprint density at radius 1 is 1.40 bits per heavy atom. The van der Waals surface area contributed by atoms with Gasteiger partial charge in [0.05, 0.1) is 0 Å². The highest BCUT2D eigenvalue weighted by atomic mass is 32.2. The molecule has 1 saturated heterocycles. The number of halogens is 2. The van der Waals surface area contributed by atoms with Gasteiger partial charge in [0.2, 0.25) is 0 Å². The van der Waals surface area contributed by atoms with Gasteiger partial charge in [-0.1, -0.05) is 0 Å². The van der Waals surface area contributed by atoms with Crippen LogP contribution in [0, 0.1) is 17.6 Å². The van der Waals surface area contributed by atoms with Crippen LogP contribution in [0.15, 0.2) is 23.1 Å². The van der Waals surface area contributed by atoms with Gasteiger partial charge in [-0.05, 0) is 43.6 Å². The molecule has 1 unspecified atom stereocenters. The quantitative estimate of drug-likeness (QED) is 0.800. The summed E-state index contributed by atoms with van der Waals surface area (Å²) in [6.45, 7) is 2.03. The fourth-order valence-corrected chi connectivity index (χ4v) is 2.75. The van der Waals surface area contributed by atoms with Gasteiger partial charge >= 0.3 is 0 Å². The Kier molecular flexibility index (Phi) is 3.59. The second kappa shape index (κ2) is 4.94. The molecule has 1 heterocycles. The monoisotopic (exact) mass is 229 g/mol. The minimum atomic E-state index is -0.372. The van der Waals surface area contributed by atoms with Crippen molar-refractivity contribution in [1.82, 2.24) is 5.32 Å². The lowest BCUT2D eigenvalue weighted by Gasteiger charge is -2.08. The zero-order valence-corrected chi connectivity index (χ0v) is 9.12. The smallest absolute Gasteiger partial charge is 0.136 e. The maximum absolute atomic E-state index is 13.2. The average molecular weight is 229 g/mol. The van der Waals surface area contributed by atoms with E-state index in [1.54, 1.807) is 0 Å². The highest BCUT2D eigenvalue weighted by Gasteiger charge is 2.15. The van der Waals surface area contributed by atoms with Crippen molar-refractivity contribution in [3.63, 3.8) is 0 Å². The van der Waals surface area contributed by atoms with Gasteiger partial charge in [0.25, 0.3) is 0 Å². The van der Waals surface area contributed by atoms with Crippen molar-refractivity contribution in [2.45, 2.75) is 11.3 Å². The van der Waals surface area contributed by atoms with Gasteiger partial charge in [-0.3, -0.25) is 0 Å². The molecule has 1 N–H and O–H groups in total. The maximum Gasteiger partial charge on any atom is 0.136 e. The first-order valence-corrected chi connectivity index (χ1v) is 6.03. The van der Waals surface area contributed by atoms with Gasteiger partial charge < -0.3 is 5.32 Å². The predicted octanol–water partition coefficient (Wildman–Crippen LogP) is 2.67. The summed E-state index contributed by atoms with van der Waals surface area (Å²) in [4.78, 5) is 0.418. The number of benzene rings is 1. The van der Waals surface area contributed by atoms with Crippen LogP contribution >= 0.6 is 11.8 Å². The van der Waals surface area contributed by atoms with Crippen LogP contribution in [-0.4, -0.2) is 18.8 Å². The van der Waals surface area contributed by atoms with E-state index in [2.05, 4.69) is 5.32 Å². The fraction of sp³-hybridized carbons (Fsp3) is 0.455. The zero-order chi connectivity index (χ0) is 10.7. The molecule has 0 spiro atoms. The van der Waals surface area contributed by atoms with Crippen LogP contribution in [0.3, 0.4) is 0 Å². The van der Waals surface area contributed by atoms with Gasteiger partial charge in [-0.25, -0.2) is 8.78 Å². The van der Waals surface area contributed by atoms with E-state index in [0.717, 1.165) is 31.3 Å². The van der Waals surface area contributed by atoms with E-state index >= 15 is 0 Å². The SMILES string of the molecule is Fc1ccc(F)c(SCC2CCNC2)c1. The molecule has 0 bridgehead atoms. The van der Waals surface area contributed by atoms with Crippen molar-refractivity contribution in [2.75, 3.05) is 18.8 Å². The molecule has 4 heteroatoms. The Morgan fingerprint density at radius 3 is 3.00 bits per heavy atom. The molecule has 1 fully saturated rings. The molecular weight excluding hydrogens is 216 g/mol. The number of nitrogens with one attached hydrogen (secondary N) is 1. The maximum atomic E-state index is 13.2. The first-order chi connectivity index (χ1) is 7.25. The van der Waals surface area contributed by atoms with Crippen LogP contribution in [-0.2, 0) is 0 Å². The van der Waals surface area contributed by atoms with Crippen molar-refractivity contribution in [3.05, 3.63) is 29.8 Å². The molecule has 0 amide bonds. The van der Waals surface area contributed by atoms with Gasteiger partial charge in [0, 0.05) is 10.6 Å². The summed E-state index contributed by atoms with van der Waals surface area (Å²) in [5.41, 5.74) is 0. The van der Waals surface area contributed by atoms with Crippen LogP contribution < -0.4 is 5.32 Å². The summed E-state index contributed by atoms with van der Waals surface area (Å²) < 4.78 is 26.1. The molecule has 15 heavy (non-hydrogen) atoms. The molecule has 0 aromatic heterocycles. The van der Waals surface area contributed by atoms with E-state index in [1.165, 1.54) is 23.9 Å². The lowest BCUT2D eigenvalue weighted by atomic mass is 10.2. The number of hydrogen-bond acceptors (Lipinski definition) is 2. The lowest BCUT2D eigenvalue weighted by molar-refractivity contribution is 0.576. The molecule has 0 radical (unpaired) electrons. The van der Waals surface area contributed by atoms with Crippen molar-refractivity contribution >= 4 is 11.8 Å². The highest BCUT2D eigenvalue weighted by molar-refractivity contribution is 7.99. The lowest BCUT2D eigenvalue weighted by Crippen LogP contribution is -2.10. The molecule has 2 rings (SSSR count). The summed E-state index contributed by atoms with van der Waals surface area (Å²) in [5.74, 6) is 0.737. The van der Waals surface area contributed by atoms with Gasteiger partial charge in [-0.2, -0.15) is 0 Å². The molecule has 1 aliphatic rings. The summed E-state index contributed by atoms with van der Waals surface area (Å²) in [6.07, 6.45) is 1.13.